The number of guanidine groups is 1. The Hall–Kier alpha value is -1.49. The van der Waals surface area contributed by atoms with Gasteiger partial charge < -0.3 is 19.4 Å². The molecule has 1 saturated carbocycles. The Morgan fingerprint density at radius 2 is 2.24 bits per heavy atom. The van der Waals surface area contributed by atoms with Gasteiger partial charge in [0.25, 0.3) is 0 Å². The zero-order valence-electron chi connectivity index (χ0n) is 15.6. The van der Waals surface area contributed by atoms with Gasteiger partial charge in [0.2, 0.25) is 0 Å². The molecule has 140 valence electrons. The van der Waals surface area contributed by atoms with Crippen molar-refractivity contribution in [3.8, 4) is 0 Å². The number of likely N-dealkylation sites (tertiary alicyclic amines) is 1. The molecule has 1 aliphatic heterocycles. The molecule has 0 amide bonds. The fourth-order valence-electron chi connectivity index (χ4n) is 4.16. The first-order valence-corrected chi connectivity index (χ1v) is 9.95. The summed E-state index contributed by atoms with van der Waals surface area (Å²) >= 11 is 0. The largest absolute Gasteiger partial charge is 0.469 e. The quantitative estimate of drug-likeness (QED) is 0.444. The summed E-state index contributed by atoms with van der Waals surface area (Å²) in [4.78, 5) is 7.35. The number of hydrogen-bond acceptors (Lipinski definition) is 3. The minimum Gasteiger partial charge on any atom is -0.469 e. The van der Waals surface area contributed by atoms with Gasteiger partial charge in [0, 0.05) is 45.8 Å². The third-order valence-electron chi connectivity index (χ3n) is 5.55. The van der Waals surface area contributed by atoms with Crippen molar-refractivity contribution in [3.05, 3.63) is 24.2 Å². The van der Waals surface area contributed by atoms with Crippen LogP contribution in [-0.4, -0.2) is 50.3 Å². The number of furan rings is 1. The summed E-state index contributed by atoms with van der Waals surface area (Å²) in [6.45, 7) is 7.61. The van der Waals surface area contributed by atoms with Gasteiger partial charge in [0.05, 0.1) is 6.26 Å². The van der Waals surface area contributed by atoms with Crippen LogP contribution in [0, 0.1) is 5.41 Å². The van der Waals surface area contributed by atoms with E-state index < -0.39 is 0 Å². The van der Waals surface area contributed by atoms with Crippen molar-refractivity contribution in [2.24, 2.45) is 10.4 Å². The zero-order valence-corrected chi connectivity index (χ0v) is 15.6. The molecule has 1 aliphatic carbocycles. The van der Waals surface area contributed by atoms with E-state index >= 15 is 0 Å². The third-order valence-corrected chi connectivity index (χ3v) is 5.55. The Kier molecular flexibility index (Phi) is 6.79. The average molecular weight is 348 g/mol. The lowest BCUT2D eigenvalue weighted by Crippen LogP contribution is -2.42. The van der Waals surface area contributed by atoms with E-state index in [2.05, 4.69) is 10.2 Å². The maximum atomic E-state index is 5.43. The van der Waals surface area contributed by atoms with Crippen LogP contribution in [0.15, 0.2) is 27.8 Å². The van der Waals surface area contributed by atoms with Gasteiger partial charge >= 0.3 is 0 Å². The molecule has 3 rings (SSSR count). The first-order chi connectivity index (χ1) is 12.3. The first-order valence-electron chi connectivity index (χ1n) is 9.95. The van der Waals surface area contributed by atoms with Crippen LogP contribution in [0.3, 0.4) is 0 Å². The summed E-state index contributed by atoms with van der Waals surface area (Å²) < 4.78 is 10.9. The van der Waals surface area contributed by atoms with Crippen LogP contribution in [-0.2, 0) is 11.2 Å². The van der Waals surface area contributed by atoms with Crippen LogP contribution in [0.2, 0.25) is 0 Å². The van der Waals surface area contributed by atoms with Gasteiger partial charge in [-0.3, -0.25) is 4.99 Å². The van der Waals surface area contributed by atoms with Crippen LogP contribution in [0.4, 0.5) is 0 Å². The second kappa shape index (κ2) is 9.27. The maximum Gasteiger partial charge on any atom is 0.193 e. The van der Waals surface area contributed by atoms with Crippen molar-refractivity contribution in [3.63, 3.8) is 0 Å². The van der Waals surface area contributed by atoms with E-state index in [4.69, 9.17) is 14.1 Å². The molecule has 0 aromatic carbocycles. The Morgan fingerprint density at radius 3 is 3.00 bits per heavy atom. The van der Waals surface area contributed by atoms with Crippen LogP contribution < -0.4 is 5.32 Å². The van der Waals surface area contributed by atoms with Gasteiger partial charge in [-0.1, -0.05) is 12.8 Å². The molecular weight excluding hydrogens is 314 g/mol. The van der Waals surface area contributed by atoms with E-state index in [1.165, 1.54) is 38.6 Å². The number of aliphatic imine (C=N–C) groups is 1. The van der Waals surface area contributed by atoms with Crippen molar-refractivity contribution in [1.82, 2.24) is 10.2 Å². The molecule has 1 spiro atoms. The van der Waals surface area contributed by atoms with Gasteiger partial charge in [-0.2, -0.15) is 0 Å². The summed E-state index contributed by atoms with van der Waals surface area (Å²) in [6.07, 6.45) is 10.5. The molecule has 0 atom stereocenters. The highest BCUT2D eigenvalue weighted by molar-refractivity contribution is 5.80. The van der Waals surface area contributed by atoms with E-state index in [-0.39, 0.29) is 0 Å². The first kappa shape index (κ1) is 18.3. The molecule has 2 aliphatic rings. The summed E-state index contributed by atoms with van der Waals surface area (Å²) in [7, 11) is 0. The number of rotatable bonds is 8. The topological polar surface area (TPSA) is 50.0 Å². The second-order valence-corrected chi connectivity index (χ2v) is 7.39. The molecule has 0 unspecified atom stereocenters. The van der Waals surface area contributed by atoms with E-state index in [9.17, 15) is 0 Å². The van der Waals surface area contributed by atoms with E-state index in [1.54, 1.807) is 6.26 Å². The highest BCUT2D eigenvalue weighted by atomic mass is 16.5. The molecule has 0 bridgehead atoms. The van der Waals surface area contributed by atoms with Gasteiger partial charge in [0.15, 0.2) is 5.96 Å². The minimum atomic E-state index is 0.564. The van der Waals surface area contributed by atoms with Crippen LogP contribution in [0.25, 0.3) is 0 Å². The lowest BCUT2D eigenvalue weighted by molar-refractivity contribution is 0.146. The third kappa shape index (κ3) is 5.24. The SMILES string of the molecule is CCOCCCN=C(NCCc1ccco1)N1CCC2(CCCC2)C1. The van der Waals surface area contributed by atoms with E-state index in [0.29, 0.717) is 5.41 Å². The summed E-state index contributed by atoms with van der Waals surface area (Å²) in [5.41, 5.74) is 0.564. The van der Waals surface area contributed by atoms with Gasteiger partial charge in [-0.25, -0.2) is 0 Å². The van der Waals surface area contributed by atoms with E-state index in [0.717, 1.165) is 57.4 Å². The Morgan fingerprint density at radius 1 is 1.36 bits per heavy atom. The molecule has 2 fully saturated rings. The fourth-order valence-corrected chi connectivity index (χ4v) is 4.16. The Bertz CT molecular complexity index is 521. The number of nitrogens with one attached hydrogen (secondary N) is 1. The van der Waals surface area contributed by atoms with Crippen molar-refractivity contribution >= 4 is 5.96 Å². The number of ether oxygens (including phenoxy) is 1. The van der Waals surface area contributed by atoms with Gasteiger partial charge in [-0.15, -0.1) is 0 Å². The lowest BCUT2D eigenvalue weighted by atomic mass is 9.86. The van der Waals surface area contributed by atoms with Crippen molar-refractivity contribution in [1.29, 1.82) is 0 Å². The Labute approximate surface area is 151 Å². The molecule has 1 N–H and O–H groups in total. The smallest absolute Gasteiger partial charge is 0.193 e. The molecule has 25 heavy (non-hydrogen) atoms. The van der Waals surface area contributed by atoms with E-state index in [1.807, 2.05) is 19.1 Å². The van der Waals surface area contributed by atoms with Crippen LogP contribution in [0.5, 0.6) is 0 Å². The molecular formula is C20H33N3O2. The van der Waals surface area contributed by atoms with Crippen molar-refractivity contribution in [2.45, 2.75) is 51.9 Å². The Balaban J connectivity index is 1.52. The molecule has 2 heterocycles. The minimum absolute atomic E-state index is 0.564. The molecule has 5 heteroatoms. The lowest BCUT2D eigenvalue weighted by Gasteiger charge is -2.26. The number of hydrogen-bond donors (Lipinski definition) is 1. The fraction of sp³-hybridized carbons (Fsp3) is 0.750. The predicted octanol–water partition coefficient (Wildman–Crippen LogP) is 3.46. The monoisotopic (exact) mass is 347 g/mol. The summed E-state index contributed by atoms with van der Waals surface area (Å²) in [5.74, 6) is 2.10. The standard InChI is InChI=1S/C20H33N3O2/c1-2-24-15-6-12-21-19(22-13-8-18-7-5-16-25-18)23-14-11-20(17-23)9-3-4-10-20/h5,7,16H,2-4,6,8-15,17H2,1H3,(H,21,22). The second-order valence-electron chi connectivity index (χ2n) is 7.39. The average Bonchev–Trinajstić information content (AvgIpc) is 3.37. The highest BCUT2D eigenvalue weighted by Crippen LogP contribution is 2.45. The summed E-state index contributed by atoms with van der Waals surface area (Å²) in [5, 5.41) is 3.57. The molecule has 1 saturated heterocycles. The van der Waals surface area contributed by atoms with Gasteiger partial charge in [0.1, 0.15) is 5.76 Å². The molecule has 1 aromatic heterocycles. The normalized spacial score (nSPS) is 19.9. The van der Waals surface area contributed by atoms with Crippen molar-refractivity contribution < 1.29 is 9.15 Å². The summed E-state index contributed by atoms with van der Waals surface area (Å²) in [6, 6.07) is 3.98. The highest BCUT2D eigenvalue weighted by Gasteiger charge is 2.41. The molecule has 1 aromatic rings. The van der Waals surface area contributed by atoms with Crippen molar-refractivity contribution in [2.75, 3.05) is 39.4 Å². The predicted molar refractivity (Wildman–Crippen MR) is 101 cm³/mol. The zero-order chi connectivity index (χ0) is 17.4. The molecule has 5 nitrogen and oxygen atoms in total. The molecule has 0 radical (unpaired) electrons. The van der Waals surface area contributed by atoms with Gasteiger partial charge in [-0.05, 0) is 50.2 Å². The van der Waals surface area contributed by atoms with Crippen LogP contribution >= 0.6 is 0 Å². The number of nitrogens with zero attached hydrogens (tertiary/aromatic N) is 2. The van der Waals surface area contributed by atoms with Crippen LogP contribution in [0.1, 0.15) is 51.2 Å². The maximum absolute atomic E-state index is 5.43.